The van der Waals surface area contributed by atoms with Gasteiger partial charge in [-0.1, -0.05) is 0 Å². The molecule has 1 rings (SSSR count). The first-order chi connectivity index (χ1) is 5.09. The number of aliphatic carboxylic acids is 1. The first-order valence-corrected chi connectivity index (χ1v) is 3.39. The van der Waals surface area contributed by atoms with Crippen LogP contribution in [0.1, 0.15) is 12.8 Å². The summed E-state index contributed by atoms with van der Waals surface area (Å²) in [5.41, 5.74) is 0.0938. The van der Waals surface area contributed by atoms with Crippen LogP contribution in [0, 0.1) is 0 Å². The Balaban J connectivity index is 2.72. The van der Waals surface area contributed by atoms with Gasteiger partial charge in [0.25, 0.3) is 0 Å². The molecule has 0 radical (unpaired) electrons. The number of aliphatic hydroxyl groups excluding tert-OH is 2. The Morgan fingerprint density at radius 2 is 2.18 bits per heavy atom. The Hall–Kier alpha value is -0.870. The molecular weight excluding hydrogens is 148 g/mol. The topological polar surface area (TPSA) is 77.8 Å². The van der Waals surface area contributed by atoms with Gasteiger partial charge in [-0.05, 0) is 6.08 Å². The van der Waals surface area contributed by atoms with Crippen LogP contribution < -0.4 is 0 Å². The van der Waals surface area contributed by atoms with E-state index in [1.807, 2.05) is 0 Å². The number of carboxylic acids is 1. The molecular formula is C7H10O4. The predicted octanol–water partition coefficient (Wildman–Crippen LogP) is -0.487. The second kappa shape index (κ2) is 3.02. The molecule has 2 atom stereocenters. The molecule has 3 N–H and O–H groups in total. The van der Waals surface area contributed by atoms with Crippen molar-refractivity contribution in [3.05, 3.63) is 11.6 Å². The van der Waals surface area contributed by atoms with Crippen molar-refractivity contribution in [1.82, 2.24) is 0 Å². The fourth-order valence-electron chi connectivity index (χ4n) is 1.14. The molecule has 62 valence electrons. The quantitative estimate of drug-likeness (QED) is 0.481. The molecule has 11 heavy (non-hydrogen) atoms. The number of hydrogen-bond acceptors (Lipinski definition) is 3. The zero-order chi connectivity index (χ0) is 8.43. The van der Waals surface area contributed by atoms with E-state index in [1.54, 1.807) is 0 Å². The molecule has 0 fully saturated rings. The summed E-state index contributed by atoms with van der Waals surface area (Å²) < 4.78 is 0. The summed E-state index contributed by atoms with van der Waals surface area (Å²) in [7, 11) is 0. The molecule has 0 aromatic rings. The van der Waals surface area contributed by atoms with Gasteiger partial charge in [0.2, 0.25) is 0 Å². The van der Waals surface area contributed by atoms with Crippen LogP contribution in [0.5, 0.6) is 0 Å². The highest BCUT2D eigenvalue weighted by Crippen LogP contribution is 2.18. The lowest BCUT2D eigenvalue weighted by atomic mass is 9.95. The van der Waals surface area contributed by atoms with Gasteiger partial charge in [0.15, 0.2) is 0 Å². The van der Waals surface area contributed by atoms with Crippen molar-refractivity contribution in [2.24, 2.45) is 0 Å². The number of carboxylic acid groups (broad SMARTS) is 1. The maximum absolute atomic E-state index is 10.4. The van der Waals surface area contributed by atoms with Crippen LogP contribution in [0.15, 0.2) is 11.6 Å². The van der Waals surface area contributed by atoms with Gasteiger partial charge in [0.1, 0.15) is 0 Å². The Kier molecular flexibility index (Phi) is 2.26. The average molecular weight is 158 g/mol. The van der Waals surface area contributed by atoms with Crippen LogP contribution >= 0.6 is 0 Å². The highest BCUT2D eigenvalue weighted by atomic mass is 16.4. The zero-order valence-electron chi connectivity index (χ0n) is 5.90. The van der Waals surface area contributed by atoms with E-state index in [-0.39, 0.29) is 18.4 Å². The van der Waals surface area contributed by atoms with E-state index < -0.39 is 18.2 Å². The maximum Gasteiger partial charge on any atom is 0.331 e. The maximum atomic E-state index is 10.4. The van der Waals surface area contributed by atoms with E-state index in [2.05, 4.69) is 0 Å². The Labute approximate surface area is 63.8 Å². The Morgan fingerprint density at radius 1 is 1.55 bits per heavy atom. The molecule has 0 unspecified atom stereocenters. The molecule has 1 aliphatic carbocycles. The lowest BCUT2D eigenvalue weighted by molar-refractivity contribution is -0.133. The van der Waals surface area contributed by atoms with Gasteiger partial charge in [0, 0.05) is 18.4 Å². The van der Waals surface area contributed by atoms with Gasteiger partial charge in [-0.15, -0.1) is 0 Å². The van der Waals surface area contributed by atoms with Crippen molar-refractivity contribution in [3.8, 4) is 0 Å². The van der Waals surface area contributed by atoms with Crippen LogP contribution in [0.4, 0.5) is 0 Å². The van der Waals surface area contributed by atoms with Crippen molar-refractivity contribution >= 4 is 5.97 Å². The van der Waals surface area contributed by atoms with Gasteiger partial charge >= 0.3 is 5.97 Å². The summed E-state index contributed by atoms with van der Waals surface area (Å²) in [5.74, 6) is -1.07. The Bertz CT molecular complexity index is 197. The predicted molar refractivity (Wildman–Crippen MR) is 37.0 cm³/mol. The standard InChI is InChI=1S/C7H10O4/c8-5-1-4(7(10)11)2-6(9)3-5/h1,5-6,8-9H,2-3H2,(H,10,11)/t5-,6+/m0/s1. The first-order valence-electron chi connectivity index (χ1n) is 3.39. The highest BCUT2D eigenvalue weighted by molar-refractivity contribution is 5.86. The van der Waals surface area contributed by atoms with E-state index in [0.717, 1.165) is 0 Å². The van der Waals surface area contributed by atoms with E-state index in [9.17, 15) is 4.79 Å². The molecule has 0 aliphatic heterocycles. The van der Waals surface area contributed by atoms with Crippen LogP contribution in [-0.4, -0.2) is 33.5 Å². The number of aliphatic hydroxyl groups is 2. The second-order valence-corrected chi connectivity index (χ2v) is 2.66. The number of hydrogen-bond donors (Lipinski definition) is 3. The van der Waals surface area contributed by atoms with Gasteiger partial charge in [0.05, 0.1) is 12.2 Å². The molecule has 4 nitrogen and oxygen atoms in total. The average Bonchev–Trinajstić information content (AvgIpc) is 1.85. The minimum atomic E-state index is -1.07. The molecule has 0 bridgehead atoms. The van der Waals surface area contributed by atoms with Crippen LogP contribution in [0.2, 0.25) is 0 Å². The summed E-state index contributed by atoms with van der Waals surface area (Å²) in [4.78, 5) is 10.4. The third kappa shape index (κ3) is 2.03. The molecule has 0 spiro atoms. The van der Waals surface area contributed by atoms with Crippen molar-refractivity contribution in [1.29, 1.82) is 0 Å². The molecule has 4 heteroatoms. The number of carbonyl (C=O) groups is 1. The molecule has 0 aromatic heterocycles. The van der Waals surface area contributed by atoms with Crippen LogP contribution in [-0.2, 0) is 4.79 Å². The summed E-state index contributed by atoms with van der Waals surface area (Å²) in [6, 6.07) is 0. The summed E-state index contributed by atoms with van der Waals surface area (Å²) in [5, 5.41) is 26.5. The fraction of sp³-hybridized carbons (Fsp3) is 0.571. The van der Waals surface area contributed by atoms with E-state index in [1.165, 1.54) is 6.08 Å². The third-order valence-corrected chi connectivity index (χ3v) is 1.64. The minimum Gasteiger partial charge on any atom is -0.478 e. The van der Waals surface area contributed by atoms with E-state index >= 15 is 0 Å². The molecule has 1 aliphatic rings. The first kappa shape index (κ1) is 8.23. The van der Waals surface area contributed by atoms with Gasteiger partial charge in [-0.2, -0.15) is 0 Å². The lowest BCUT2D eigenvalue weighted by Crippen LogP contribution is -2.24. The largest absolute Gasteiger partial charge is 0.478 e. The molecule has 0 heterocycles. The van der Waals surface area contributed by atoms with Crippen molar-refractivity contribution in [2.75, 3.05) is 0 Å². The zero-order valence-corrected chi connectivity index (χ0v) is 5.90. The van der Waals surface area contributed by atoms with Gasteiger partial charge < -0.3 is 15.3 Å². The summed E-state index contributed by atoms with van der Waals surface area (Å²) >= 11 is 0. The smallest absolute Gasteiger partial charge is 0.331 e. The summed E-state index contributed by atoms with van der Waals surface area (Å²) in [6.45, 7) is 0. The van der Waals surface area contributed by atoms with Crippen molar-refractivity contribution in [2.45, 2.75) is 25.0 Å². The Morgan fingerprint density at radius 3 is 2.64 bits per heavy atom. The molecule has 0 saturated heterocycles. The van der Waals surface area contributed by atoms with E-state index in [0.29, 0.717) is 0 Å². The third-order valence-electron chi connectivity index (χ3n) is 1.64. The monoisotopic (exact) mass is 158 g/mol. The van der Waals surface area contributed by atoms with E-state index in [4.69, 9.17) is 15.3 Å². The number of rotatable bonds is 1. The molecule has 0 aromatic carbocycles. The normalized spacial score (nSPS) is 31.3. The fourth-order valence-corrected chi connectivity index (χ4v) is 1.14. The van der Waals surface area contributed by atoms with Crippen LogP contribution in [0.3, 0.4) is 0 Å². The summed E-state index contributed by atoms with van der Waals surface area (Å²) in [6.07, 6.45) is 0.101. The van der Waals surface area contributed by atoms with Crippen LogP contribution in [0.25, 0.3) is 0 Å². The second-order valence-electron chi connectivity index (χ2n) is 2.66. The molecule has 0 amide bonds. The highest BCUT2D eigenvalue weighted by Gasteiger charge is 2.22. The van der Waals surface area contributed by atoms with Gasteiger partial charge in [-0.3, -0.25) is 0 Å². The van der Waals surface area contributed by atoms with Crippen molar-refractivity contribution in [3.63, 3.8) is 0 Å². The van der Waals surface area contributed by atoms with Gasteiger partial charge in [-0.25, -0.2) is 4.79 Å². The SMILES string of the molecule is O=C(O)C1=C[C@H](O)C[C@H](O)C1. The van der Waals surface area contributed by atoms with Crippen molar-refractivity contribution < 1.29 is 20.1 Å². The molecule has 0 saturated carbocycles. The minimum absolute atomic E-state index is 0.0938. The lowest BCUT2D eigenvalue weighted by Gasteiger charge is -2.19.